The SMILES string of the molecule is CC(C)(C)C#Cc1ccc2c(c1)[C@@]1(COCC(N)=N1)c1cc(C#CC(C)(C)C)cnc1O2. The van der Waals surface area contributed by atoms with E-state index in [0.717, 1.165) is 22.3 Å². The molecule has 2 aliphatic heterocycles. The summed E-state index contributed by atoms with van der Waals surface area (Å²) >= 11 is 0. The monoisotopic (exact) mass is 427 g/mol. The van der Waals surface area contributed by atoms with Crippen molar-refractivity contribution in [1.82, 2.24) is 4.98 Å². The topological polar surface area (TPSA) is 69.7 Å². The van der Waals surface area contributed by atoms with Gasteiger partial charge in [0.05, 0.1) is 12.2 Å². The lowest BCUT2D eigenvalue weighted by Gasteiger charge is -2.38. The van der Waals surface area contributed by atoms with Crippen LogP contribution in [0.3, 0.4) is 0 Å². The molecule has 1 aromatic carbocycles. The quantitative estimate of drug-likeness (QED) is 0.623. The molecule has 0 bridgehead atoms. The lowest BCUT2D eigenvalue weighted by Crippen LogP contribution is -2.42. The largest absolute Gasteiger partial charge is 0.438 e. The molecule has 2 N–H and O–H groups in total. The molecule has 0 radical (unpaired) electrons. The molecule has 164 valence electrons. The number of nitrogens with zero attached hydrogens (tertiary/aromatic N) is 2. The molecule has 0 fully saturated rings. The lowest BCUT2D eigenvalue weighted by atomic mass is 9.80. The molecule has 4 rings (SSSR count). The number of hydrogen-bond acceptors (Lipinski definition) is 5. The van der Waals surface area contributed by atoms with Gasteiger partial charge in [-0.3, -0.25) is 4.99 Å². The van der Waals surface area contributed by atoms with E-state index >= 15 is 0 Å². The Bertz CT molecular complexity index is 1140. The number of pyridine rings is 1. The van der Waals surface area contributed by atoms with Crippen LogP contribution in [0.15, 0.2) is 35.5 Å². The molecule has 3 heterocycles. The molecule has 0 unspecified atom stereocenters. The summed E-state index contributed by atoms with van der Waals surface area (Å²) in [5.74, 6) is 14.7. The first kappa shape index (κ1) is 21.9. The van der Waals surface area contributed by atoms with Crippen LogP contribution in [0.4, 0.5) is 0 Å². The highest BCUT2D eigenvalue weighted by Crippen LogP contribution is 2.49. The van der Waals surface area contributed by atoms with Gasteiger partial charge in [-0.1, -0.05) is 23.7 Å². The van der Waals surface area contributed by atoms with Crippen LogP contribution in [0.5, 0.6) is 11.6 Å². The van der Waals surface area contributed by atoms with Crippen molar-refractivity contribution in [2.45, 2.75) is 47.1 Å². The molecule has 0 aliphatic carbocycles. The Morgan fingerprint density at radius 1 is 0.938 bits per heavy atom. The predicted octanol–water partition coefficient (Wildman–Crippen LogP) is 4.61. The van der Waals surface area contributed by atoms with Gasteiger partial charge in [0.15, 0.2) is 0 Å². The molecule has 0 saturated heterocycles. The van der Waals surface area contributed by atoms with Crippen LogP contribution in [0.1, 0.15) is 63.8 Å². The third kappa shape index (κ3) is 4.49. The van der Waals surface area contributed by atoms with Crippen molar-refractivity contribution < 1.29 is 9.47 Å². The van der Waals surface area contributed by atoms with E-state index in [1.54, 1.807) is 6.20 Å². The zero-order chi connectivity index (χ0) is 23.1. The third-order valence-electron chi connectivity index (χ3n) is 4.99. The Morgan fingerprint density at radius 2 is 1.59 bits per heavy atom. The normalized spacial score (nSPS) is 19.4. The minimum Gasteiger partial charge on any atom is -0.438 e. The molecule has 0 amide bonds. The average Bonchev–Trinajstić information content (AvgIpc) is 2.70. The number of aromatic nitrogens is 1. The van der Waals surface area contributed by atoms with Gasteiger partial charge in [-0.15, -0.1) is 0 Å². The molecule has 1 aromatic heterocycles. The first-order valence-electron chi connectivity index (χ1n) is 10.8. The number of ether oxygens (including phenoxy) is 2. The van der Waals surface area contributed by atoms with E-state index in [9.17, 15) is 0 Å². The van der Waals surface area contributed by atoms with Crippen molar-refractivity contribution in [2.24, 2.45) is 21.6 Å². The lowest BCUT2D eigenvalue weighted by molar-refractivity contribution is 0.109. The minimum atomic E-state index is -0.850. The van der Waals surface area contributed by atoms with Crippen LogP contribution in [-0.2, 0) is 10.3 Å². The highest BCUT2D eigenvalue weighted by molar-refractivity contribution is 5.83. The van der Waals surface area contributed by atoms with Crippen LogP contribution in [0.25, 0.3) is 0 Å². The second-order valence-corrected chi connectivity index (χ2v) is 10.3. The Labute approximate surface area is 190 Å². The van der Waals surface area contributed by atoms with E-state index in [0.29, 0.717) is 30.7 Å². The van der Waals surface area contributed by atoms with Crippen molar-refractivity contribution in [3.63, 3.8) is 0 Å². The van der Waals surface area contributed by atoms with E-state index in [2.05, 4.69) is 70.2 Å². The van der Waals surface area contributed by atoms with Crippen molar-refractivity contribution >= 4 is 5.84 Å². The van der Waals surface area contributed by atoms with Gasteiger partial charge in [0.1, 0.15) is 23.7 Å². The molecular formula is C27H29N3O2. The number of nitrogens with two attached hydrogens (primary N) is 1. The standard InChI is InChI=1S/C27H29N3O2/c1-25(2,3)11-9-18-7-8-22-20(13-18)27(17-31-16-23(28)30-27)21-14-19(10-12-26(4,5)6)15-29-24(21)32-22/h7-8,13-15H,16-17H2,1-6H3,(H2,28,30)/t27-/m0/s1. The molecule has 1 atom stereocenters. The second kappa shape index (κ2) is 7.69. The fourth-order valence-electron chi connectivity index (χ4n) is 3.58. The summed E-state index contributed by atoms with van der Waals surface area (Å²) in [4.78, 5) is 9.48. The Morgan fingerprint density at radius 3 is 2.25 bits per heavy atom. The minimum absolute atomic E-state index is 0.0994. The summed E-state index contributed by atoms with van der Waals surface area (Å²) < 4.78 is 12.1. The number of hydrogen-bond donors (Lipinski definition) is 1. The van der Waals surface area contributed by atoms with Crippen LogP contribution < -0.4 is 10.5 Å². The van der Waals surface area contributed by atoms with Gasteiger partial charge in [-0.2, -0.15) is 0 Å². The summed E-state index contributed by atoms with van der Waals surface area (Å²) in [5.41, 5.74) is 8.46. The van der Waals surface area contributed by atoms with Gasteiger partial charge < -0.3 is 15.2 Å². The van der Waals surface area contributed by atoms with Gasteiger partial charge in [0.2, 0.25) is 5.88 Å². The second-order valence-electron chi connectivity index (χ2n) is 10.3. The van der Waals surface area contributed by atoms with Crippen LogP contribution >= 0.6 is 0 Å². The first-order chi connectivity index (χ1) is 15.0. The Hall–Kier alpha value is -3.28. The first-order valence-corrected chi connectivity index (χ1v) is 10.8. The molecule has 5 nitrogen and oxygen atoms in total. The highest BCUT2D eigenvalue weighted by Gasteiger charge is 2.45. The molecule has 2 aromatic rings. The number of amidine groups is 1. The summed E-state index contributed by atoms with van der Waals surface area (Å²) in [6.07, 6.45) is 1.73. The van der Waals surface area contributed by atoms with Gasteiger partial charge in [0, 0.05) is 33.7 Å². The van der Waals surface area contributed by atoms with Gasteiger partial charge in [-0.05, 0) is 65.8 Å². The summed E-state index contributed by atoms with van der Waals surface area (Å²) in [5, 5.41) is 0. The van der Waals surface area contributed by atoms with E-state index in [-0.39, 0.29) is 10.8 Å². The van der Waals surface area contributed by atoms with Gasteiger partial charge >= 0.3 is 0 Å². The molecule has 32 heavy (non-hydrogen) atoms. The summed E-state index contributed by atoms with van der Waals surface area (Å²) in [7, 11) is 0. The molecule has 1 spiro atoms. The van der Waals surface area contributed by atoms with E-state index in [1.807, 2.05) is 24.3 Å². The zero-order valence-corrected chi connectivity index (χ0v) is 19.6. The summed E-state index contributed by atoms with van der Waals surface area (Å²) in [6.45, 7) is 13.1. The summed E-state index contributed by atoms with van der Waals surface area (Å²) in [6, 6.07) is 7.89. The predicted molar refractivity (Wildman–Crippen MR) is 127 cm³/mol. The van der Waals surface area contributed by atoms with Crippen molar-refractivity contribution in [1.29, 1.82) is 0 Å². The van der Waals surface area contributed by atoms with E-state index < -0.39 is 5.54 Å². The third-order valence-corrected chi connectivity index (χ3v) is 4.99. The van der Waals surface area contributed by atoms with Crippen LogP contribution in [0.2, 0.25) is 0 Å². The molecule has 0 saturated carbocycles. The van der Waals surface area contributed by atoms with Gasteiger partial charge in [0.25, 0.3) is 0 Å². The number of fused-ring (bicyclic) bond motifs is 4. The fraction of sp³-hybridized carbons (Fsp3) is 0.407. The van der Waals surface area contributed by atoms with Crippen LogP contribution in [0, 0.1) is 34.5 Å². The maximum absolute atomic E-state index is 6.17. The fourth-order valence-corrected chi connectivity index (χ4v) is 3.58. The van der Waals surface area contributed by atoms with Crippen molar-refractivity contribution in [2.75, 3.05) is 13.2 Å². The molecular weight excluding hydrogens is 398 g/mol. The van der Waals surface area contributed by atoms with Crippen molar-refractivity contribution in [3.8, 4) is 35.3 Å². The van der Waals surface area contributed by atoms with Crippen molar-refractivity contribution in [3.05, 3.63) is 52.7 Å². The maximum atomic E-state index is 6.17. The highest BCUT2D eigenvalue weighted by atomic mass is 16.5. The Kier molecular flexibility index (Phi) is 5.27. The molecule has 5 heteroatoms. The molecule has 2 aliphatic rings. The number of rotatable bonds is 0. The zero-order valence-electron chi connectivity index (χ0n) is 19.6. The number of aliphatic imine (C=N–C) groups is 1. The Balaban J connectivity index is 1.90. The number of benzene rings is 1. The van der Waals surface area contributed by atoms with E-state index in [1.165, 1.54) is 0 Å². The maximum Gasteiger partial charge on any atom is 0.225 e. The average molecular weight is 428 g/mol. The van der Waals surface area contributed by atoms with Crippen LogP contribution in [-0.4, -0.2) is 24.0 Å². The van der Waals surface area contributed by atoms with Gasteiger partial charge in [-0.25, -0.2) is 4.98 Å². The smallest absolute Gasteiger partial charge is 0.225 e. The van der Waals surface area contributed by atoms with E-state index in [4.69, 9.17) is 20.2 Å².